The van der Waals surface area contributed by atoms with Crippen molar-refractivity contribution in [2.24, 2.45) is 5.92 Å². The van der Waals surface area contributed by atoms with E-state index in [2.05, 4.69) is 15.5 Å². The lowest BCUT2D eigenvalue weighted by atomic mass is 10.0. The average Bonchev–Trinajstić information content (AvgIpc) is 3.28. The third-order valence-corrected chi connectivity index (χ3v) is 5.81. The molecule has 1 atom stereocenters. The van der Waals surface area contributed by atoms with Crippen LogP contribution in [0.15, 0.2) is 28.8 Å². The van der Waals surface area contributed by atoms with Gasteiger partial charge in [0.15, 0.2) is 5.82 Å². The van der Waals surface area contributed by atoms with Gasteiger partial charge in [-0.2, -0.15) is 4.98 Å². The number of anilines is 1. The molecule has 9 heteroatoms. The van der Waals surface area contributed by atoms with Crippen molar-refractivity contribution in [1.82, 2.24) is 15.0 Å². The first-order valence-corrected chi connectivity index (χ1v) is 11.0. The SMILES string of the molecule is O=C(Nc1ccccc1F)N1CCCCC1c1nc(CCOCC2CCOCC2)no1. The Balaban J connectivity index is 1.31. The largest absolute Gasteiger partial charge is 0.381 e. The number of hydrogen-bond acceptors (Lipinski definition) is 6. The zero-order valence-corrected chi connectivity index (χ0v) is 17.6. The van der Waals surface area contributed by atoms with Crippen molar-refractivity contribution in [3.8, 4) is 0 Å². The predicted octanol–water partition coefficient (Wildman–Crippen LogP) is 3.95. The van der Waals surface area contributed by atoms with E-state index < -0.39 is 5.82 Å². The minimum Gasteiger partial charge on any atom is -0.381 e. The molecule has 2 aliphatic heterocycles. The van der Waals surface area contributed by atoms with Crippen molar-refractivity contribution in [2.75, 3.05) is 38.3 Å². The molecule has 2 fully saturated rings. The minimum atomic E-state index is -0.467. The quantitative estimate of drug-likeness (QED) is 0.667. The van der Waals surface area contributed by atoms with E-state index in [-0.39, 0.29) is 17.8 Å². The van der Waals surface area contributed by atoms with Crippen molar-refractivity contribution >= 4 is 11.7 Å². The van der Waals surface area contributed by atoms with Crippen LogP contribution < -0.4 is 5.32 Å². The van der Waals surface area contributed by atoms with Gasteiger partial charge in [-0.3, -0.25) is 0 Å². The first-order chi connectivity index (χ1) is 15.2. The van der Waals surface area contributed by atoms with Crippen LogP contribution in [0, 0.1) is 11.7 Å². The summed E-state index contributed by atoms with van der Waals surface area (Å²) in [4.78, 5) is 19.0. The summed E-state index contributed by atoms with van der Waals surface area (Å²) in [5.41, 5.74) is 0.157. The monoisotopic (exact) mass is 432 g/mol. The van der Waals surface area contributed by atoms with Crippen LogP contribution >= 0.6 is 0 Å². The summed E-state index contributed by atoms with van der Waals surface area (Å²) in [6.45, 7) is 3.42. The molecule has 2 aromatic rings. The highest BCUT2D eigenvalue weighted by molar-refractivity contribution is 5.89. The number of carbonyl (C=O) groups excluding carboxylic acids is 1. The van der Waals surface area contributed by atoms with Crippen molar-refractivity contribution in [2.45, 2.75) is 44.6 Å². The number of likely N-dealkylation sites (tertiary alicyclic amines) is 1. The van der Waals surface area contributed by atoms with E-state index in [0.29, 0.717) is 37.2 Å². The van der Waals surface area contributed by atoms with E-state index >= 15 is 0 Å². The number of ether oxygens (including phenoxy) is 2. The topological polar surface area (TPSA) is 89.7 Å². The molecule has 0 saturated carbocycles. The molecule has 1 N–H and O–H groups in total. The van der Waals surface area contributed by atoms with Crippen LogP contribution in [0.2, 0.25) is 0 Å². The molecule has 1 aromatic carbocycles. The van der Waals surface area contributed by atoms with Gasteiger partial charge in [-0.15, -0.1) is 0 Å². The Morgan fingerprint density at radius 2 is 2.06 bits per heavy atom. The lowest BCUT2D eigenvalue weighted by molar-refractivity contribution is 0.0211. The first kappa shape index (κ1) is 21.7. The predicted molar refractivity (Wildman–Crippen MR) is 111 cm³/mol. The van der Waals surface area contributed by atoms with Crippen LogP contribution in [0.1, 0.15) is 49.9 Å². The second kappa shape index (κ2) is 10.7. The van der Waals surface area contributed by atoms with Crippen LogP contribution in [0.5, 0.6) is 0 Å². The molecule has 0 bridgehead atoms. The number of carbonyl (C=O) groups is 1. The molecule has 31 heavy (non-hydrogen) atoms. The number of urea groups is 1. The van der Waals surface area contributed by atoms with Crippen molar-refractivity contribution in [3.63, 3.8) is 0 Å². The number of para-hydroxylation sites is 1. The Hall–Kier alpha value is -2.52. The molecular weight excluding hydrogens is 403 g/mol. The van der Waals surface area contributed by atoms with Gasteiger partial charge in [0.05, 0.1) is 12.3 Å². The van der Waals surface area contributed by atoms with Crippen LogP contribution in [0.3, 0.4) is 0 Å². The van der Waals surface area contributed by atoms with Crippen LogP contribution in [-0.2, 0) is 15.9 Å². The van der Waals surface area contributed by atoms with Gasteiger partial charge in [0.1, 0.15) is 11.9 Å². The zero-order valence-electron chi connectivity index (χ0n) is 17.6. The smallest absolute Gasteiger partial charge is 0.322 e. The molecule has 0 aliphatic carbocycles. The molecule has 2 aliphatic rings. The molecule has 1 unspecified atom stereocenters. The maximum atomic E-state index is 13.9. The molecule has 4 rings (SSSR count). The Kier molecular flexibility index (Phi) is 7.48. The van der Waals surface area contributed by atoms with E-state index in [9.17, 15) is 9.18 Å². The second-order valence-corrected chi connectivity index (χ2v) is 8.04. The van der Waals surface area contributed by atoms with Crippen molar-refractivity contribution in [3.05, 3.63) is 41.8 Å². The molecule has 168 valence electrons. The van der Waals surface area contributed by atoms with Gasteiger partial charge in [-0.25, -0.2) is 9.18 Å². The molecule has 2 saturated heterocycles. The number of amides is 2. The number of aromatic nitrogens is 2. The van der Waals surface area contributed by atoms with E-state index in [1.54, 1.807) is 17.0 Å². The Labute approximate surface area is 181 Å². The summed E-state index contributed by atoms with van der Waals surface area (Å²) in [5.74, 6) is 1.08. The minimum absolute atomic E-state index is 0.157. The summed E-state index contributed by atoms with van der Waals surface area (Å²) in [6, 6.07) is 5.44. The first-order valence-electron chi connectivity index (χ1n) is 11.0. The summed E-state index contributed by atoms with van der Waals surface area (Å²) >= 11 is 0. The maximum absolute atomic E-state index is 13.9. The van der Waals surface area contributed by atoms with Gasteiger partial charge in [-0.1, -0.05) is 17.3 Å². The van der Waals surface area contributed by atoms with Gasteiger partial charge < -0.3 is 24.2 Å². The lowest BCUT2D eigenvalue weighted by Crippen LogP contribution is -2.41. The van der Waals surface area contributed by atoms with Crippen LogP contribution in [-0.4, -0.2) is 54.0 Å². The molecule has 0 radical (unpaired) electrons. The van der Waals surface area contributed by atoms with Gasteiger partial charge in [-0.05, 0) is 50.2 Å². The van der Waals surface area contributed by atoms with Gasteiger partial charge in [0.25, 0.3) is 0 Å². The van der Waals surface area contributed by atoms with E-state index in [1.807, 2.05) is 0 Å². The number of piperidine rings is 1. The van der Waals surface area contributed by atoms with Crippen molar-refractivity contribution < 1.29 is 23.2 Å². The van der Waals surface area contributed by atoms with Gasteiger partial charge >= 0.3 is 6.03 Å². The normalized spacial score (nSPS) is 20.0. The second-order valence-electron chi connectivity index (χ2n) is 8.04. The highest BCUT2D eigenvalue weighted by Crippen LogP contribution is 2.30. The molecule has 8 nitrogen and oxygen atoms in total. The maximum Gasteiger partial charge on any atom is 0.322 e. The van der Waals surface area contributed by atoms with Crippen LogP contribution in [0.25, 0.3) is 0 Å². The number of halogens is 1. The molecule has 1 aromatic heterocycles. The third-order valence-electron chi connectivity index (χ3n) is 5.81. The fraction of sp³-hybridized carbons (Fsp3) is 0.591. The fourth-order valence-corrected chi connectivity index (χ4v) is 4.01. The highest BCUT2D eigenvalue weighted by Gasteiger charge is 2.32. The molecule has 2 amide bonds. The van der Waals surface area contributed by atoms with E-state index in [4.69, 9.17) is 14.0 Å². The summed E-state index contributed by atoms with van der Waals surface area (Å²) in [6.07, 6.45) is 5.20. The Morgan fingerprint density at radius 1 is 1.23 bits per heavy atom. The molecular formula is C22H29FN4O4. The lowest BCUT2D eigenvalue weighted by Gasteiger charge is -2.33. The summed E-state index contributed by atoms with van der Waals surface area (Å²) in [5, 5.41) is 6.72. The van der Waals surface area contributed by atoms with Gasteiger partial charge in [0.2, 0.25) is 5.89 Å². The van der Waals surface area contributed by atoms with Crippen LogP contribution in [0.4, 0.5) is 14.9 Å². The Morgan fingerprint density at radius 3 is 2.90 bits per heavy atom. The number of hydrogen-bond donors (Lipinski definition) is 1. The van der Waals surface area contributed by atoms with Crippen molar-refractivity contribution in [1.29, 1.82) is 0 Å². The Bertz CT molecular complexity index is 856. The van der Waals surface area contributed by atoms with E-state index in [1.165, 1.54) is 12.1 Å². The number of rotatable bonds is 7. The number of benzene rings is 1. The fourth-order valence-electron chi connectivity index (χ4n) is 4.01. The van der Waals surface area contributed by atoms with Gasteiger partial charge in [0, 0.05) is 32.8 Å². The third kappa shape index (κ3) is 5.80. The number of nitrogens with zero attached hydrogens (tertiary/aromatic N) is 3. The zero-order chi connectivity index (χ0) is 21.5. The summed E-state index contributed by atoms with van der Waals surface area (Å²) < 4.78 is 30.5. The molecule has 0 spiro atoms. The number of nitrogens with one attached hydrogen (secondary N) is 1. The standard InChI is InChI=1S/C22H29FN4O4/c23-17-5-1-2-6-18(17)24-22(28)27-11-4-3-7-19(27)21-25-20(26-31-21)10-14-30-15-16-8-12-29-13-9-16/h1-2,5-6,16,19H,3-4,7-15H2,(H,24,28). The average molecular weight is 432 g/mol. The molecule has 3 heterocycles. The van der Waals surface area contributed by atoms with E-state index in [0.717, 1.165) is 51.9 Å². The highest BCUT2D eigenvalue weighted by atomic mass is 19.1. The summed E-state index contributed by atoms with van der Waals surface area (Å²) in [7, 11) is 0.